The summed E-state index contributed by atoms with van der Waals surface area (Å²) in [4.78, 5) is 14.3. The van der Waals surface area contributed by atoms with E-state index in [9.17, 15) is 4.79 Å². The number of rotatable bonds is 3. The highest BCUT2D eigenvalue weighted by atomic mass is 35.5. The summed E-state index contributed by atoms with van der Waals surface area (Å²) in [6.45, 7) is 5.24. The highest BCUT2D eigenvalue weighted by molar-refractivity contribution is 5.85. The number of nitrogens with one attached hydrogen (secondary N) is 1. The van der Waals surface area contributed by atoms with Gasteiger partial charge in [0.2, 0.25) is 5.91 Å². The van der Waals surface area contributed by atoms with E-state index in [4.69, 9.17) is 0 Å². The Labute approximate surface area is 111 Å². The molecular weight excluding hydrogens is 236 g/mol. The van der Waals surface area contributed by atoms with Gasteiger partial charge in [-0.25, -0.2) is 0 Å². The molecule has 17 heavy (non-hydrogen) atoms. The number of carbonyl (C=O) groups is 1. The molecule has 4 heteroatoms. The van der Waals surface area contributed by atoms with Gasteiger partial charge in [-0.2, -0.15) is 0 Å². The van der Waals surface area contributed by atoms with E-state index < -0.39 is 0 Å². The highest BCUT2D eigenvalue weighted by Crippen LogP contribution is 2.22. The highest BCUT2D eigenvalue weighted by Gasteiger charge is 2.29. The molecule has 0 bridgehead atoms. The Morgan fingerprint density at radius 2 is 2.18 bits per heavy atom. The summed E-state index contributed by atoms with van der Waals surface area (Å²) < 4.78 is 0. The molecule has 0 saturated carbocycles. The molecule has 3 nitrogen and oxygen atoms in total. The first-order chi connectivity index (χ1) is 7.81. The van der Waals surface area contributed by atoms with Crippen molar-refractivity contribution in [1.29, 1.82) is 0 Å². The van der Waals surface area contributed by atoms with Gasteiger partial charge in [0.15, 0.2) is 0 Å². The van der Waals surface area contributed by atoms with Gasteiger partial charge in [0.1, 0.15) is 0 Å². The van der Waals surface area contributed by atoms with E-state index in [-0.39, 0.29) is 18.4 Å². The molecule has 2 aliphatic rings. The van der Waals surface area contributed by atoms with E-state index in [2.05, 4.69) is 17.1 Å². The lowest BCUT2D eigenvalue weighted by Gasteiger charge is -2.34. The number of carbonyl (C=O) groups excluding carboxylic acids is 1. The van der Waals surface area contributed by atoms with Crippen molar-refractivity contribution >= 4 is 18.3 Å². The number of amides is 1. The second-order valence-corrected chi connectivity index (χ2v) is 5.23. The number of likely N-dealkylation sites (tertiary alicyclic amines) is 1. The quantitative estimate of drug-likeness (QED) is 0.844. The fourth-order valence-corrected chi connectivity index (χ4v) is 3.02. The van der Waals surface area contributed by atoms with E-state index in [1.54, 1.807) is 0 Å². The van der Waals surface area contributed by atoms with Gasteiger partial charge < -0.3 is 10.2 Å². The van der Waals surface area contributed by atoms with E-state index in [1.165, 1.54) is 25.7 Å². The van der Waals surface area contributed by atoms with Crippen molar-refractivity contribution in [3.8, 4) is 0 Å². The second kappa shape index (κ2) is 7.22. The van der Waals surface area contributed by atoms with Gasteiger partial charge in [0.05, 0.1) is 6.04 Å². The number of halogens is 1. The van der Waals surface area contributed by atoms with Crippen LogP contribution >= 0.6 is 12.4 Å². The molecule has 2 rings (SSSR count). The smallest absolute Gasteiger partial charge is 0.239 e. The van der Waals surface area contributed by atoms with Crippen molar-refractivity contribution < 1.29 is 4.79 Å². The first-order valence-corrected chi connectivity index (χ1v) is 6.83. The van der Waals surface area contributed by atoms with Gasteiger partial charge in [-0.15, -0.1) is 12.4 Å². The summed E-state index contributed by atoms with van der Waals surface area (Å²) in [5.41, 5.74) is 0. The maximum Gasteiger partial charge on any atom is 0.239 e. The first-order valence-electron chi connectivity index (χ1n) is 6.83. The topological polar surface area (TPSA) is 32.3 Å². The van der Waals surface area contributed by atoms with Crippen molar-refractivity contribution in [3.05, 3.63) is 0 Å². The lowest BCUT2D eigenvalue weighted by Crippen LogP contribution is -2.47. The van der Waals surface area contributed by atoms with Crippen molar-refractivity contribution in [2.24, 2.45) is 5.92 Å². The first kappa shape index (κ1) is 14.8. The average molecular weight is 261 g/mol. The summed E-state index contributed by atoms with van der Waals surface area (Å²) >= 11 is 0. The van der Waals surface area contributed by atoms with Crippen molar-refractivity contribution in [1.82, 2.24) is 10.2 Å². The Hall–Kier alpha value is -0.280. The van der Waals surface area contributed by atoms with E-state index in [0.717, 1.165) is 38.4 Å². The Morgan fingerprint density at radius 3 is 2.82 bits per heavy atom. The number of nitrogens with zero attached hydrogens (tertiary/aromatic N) is 1. The molecule has 2 atom stereocenters. The molecule has 2 saturated heterocycles. The largest absolute Gasteiger partial charge is 0.341 e. The van der Waals surface area contributed by atoms with Crippen LogP contribution in [0.15, 0.2) is 0 Å². The van der Waals surface area contributed by atoms with Crippen LogP contribution in [0.3, 0.4) is 0 Å². The molecule has 2 heterocycles. The van der Waals surface area contributed by atoms with Crippen molar-refractivity contribution in [3.63, 3.8) is 0 Å². The van der Waals surface area contributed by atoms with Gasteiger partial charge in [0, 0.05) is 13.1 Å². The number of hydrogen-bond acceptors (Lipinski definition) is 2. The summed E-state index contributed by atoms with van der Waals surface area (Å²) in [7, 11) is 0. The molecule has 2 fully saturated rings. The van der Waals surface area contributed by atoms with Crippen LogP contribution in [-0.2, 0) is 4.79 Å². The predicted octanol–water partition coefficient (Wildman–Crippen LogP) is 2.20. The van der Waals surface area contributed by atoms with Crippen LogP contribution in [0.4, 0.5) is 0 Å². The summed E-state index contributed by atoms with van der Waals surface area (Å²) in [6.07, 6.45) is 7.23. The lowest BCUT2D eigenvalue weighted by molar-refractivity contribution is -0.134. The molecule has 0 radical (unpaired) electrons. The molecule has 2 unspecified atom stereocenters. The summed E-state index contributed by atoms with van der Waals surface area (Å²) in [5, 5.41) is 3.31. The summed E-state index contributed by atoms with van der Waals surface area (Å²) in [6, 6.07) is 0.125. The van der Waals surface area contributed by atoms with E-state index >= 15 is 0 Å². The minimum absolute atomic E-state index is 0. The minimum Gasteiger partial charge on any atom is -0.341 e. The standard InChI is InChI=1S/C13H24N2O.ClH/c1-2-5-11-6-4-9-15(10-11)13(16)12-7-3-8-14-12;/h11-12,14H,2-10H2,1H3;1H. The molecule has 0 aliphatic carbocycles. The second-order valence-electron chi connectivity index (χ2n) is 5.23. The van der Waals surface area contributed by atoms with Crippen molar-refractivity contribution in [2.45, 2.75) is 51.5 Å². The molecule has 0 aromatic rings. The third-order valence-electron chi connectivity index (χ3n) is 3.89. The van der Waals surface area contributed by atoms with Gasteiger partial charge in [-0.05, 0) is 44.6 Å². The molecular formula is C13H25ClN2O. The SMILES string of the molecule is CCCC1CCCN(C(=O)C2CCCN2)C1.Cl. The Balaban J connectivity index is 0.00000144. The normalized spacial score (nSPS) is 28.9. The summed E-state index contributed by atoms with van der Waals surface area (Å²) in [5.74, 6) is 1.11. The zero-order chi connectivity index (χ0) is 11.4. The lowest BCUT2D eigenvalue weighted by atomic mass is 9.93. The van der Waals surface area contributed by atoms with Crippen molar-refractivity contribution in [2.75, 3.05) is 19.6 Å². The number of hydrogen-bond donors (Lipinski definition) is 1. The fraction of sp³-hybridized carbons (Fsp3) is 0.923. The van der Waals surface area contributed by atoms with Crippen LogP contribution in [0.1, 0.15) is 45.4 Å². The van der Waals surface area contributed by atoms with Crippen LogP contribution in [0.2, 0.25) is 0 Å². The third kappa shape index (κ3) is 3.85. The van der Waals surface area contributed by atoms with Gasteiger partial charge in [0.25, 0.3) is 0 Å². The molecule has 1 amide bonds. The average Bonchev–Trinajstić information content (AvgIpc) is 2.82. The zero-order valence-electron chi connectivity index (χ0n) is 10.8. The van der Waals surface area contributed by atoms with E-state index in [0.29, 0.717) is 5.91 Å². The molecule has 2 aliphatic heterocycles. The van der Waals surface area contributed by atoms with Crippen LogP contribution in [0.25, 0.3) is 0 Å². The van der Waals surface area contributed by atoms with Gasteiger partial charge >= 0.3 is 0 Å². The monoisotopic (exact) mass is 260 g/mol. The molecule has 1 N–H and O–H groups in total. The van der Waals surface area contributed by atoms with Crippen LogP contribution in [0.5, 0.6) is 0 Å². The van der Waals surface area contributed by atoms with Crippen LogP contribution in [-0.4, -0.2) is 36.5 Å². The Bertz CT molecular complexity index is 240. The minimum atomic E-state index is 0. The zero-order valence-corrected chi connectivity index (χ0v) is 11.6. The maximum atomic E-state index is 12.2. The Kier molecular flexibility index (Phi) is 6.28. The van der Waals surface area contributed by atoms with E-state index in [1.807, 2.05) is 0 Å². The predicted molar refractivity (Wildman–Crippen MR) is 72.5 cm³/mol. The molecule has 100 valence electrons. The van der Waals surface area contributed by atoms with Crippen LogP contribution in [0, 0.1) is 5.92 Å². The molecule has 0 aromatic heterocycles. The fourth-order valence-electron chi connectivity index (χ4n) is 3.02. The number of piperidine rings is 1. The molecule has 0 aromatic carbocycles. The van der Waals surface area contributed by atoms with Gasteiger partial charge in [-0.1, -0.05) is 13.3 Å². The maximum absolute atomic E-state index is 12.2. The van der Waals surface area contributed by atoms with Crippen LogP contribution < -0.4 is 5.32 Å². The Morgan fingerprint density at radius 1 is 1.35 bits per heavy atom. The van der Waals surface area contributed by atoms with Gasteiger partial charge in [-0.3, -0.25) is 4.79 Å². The third-order valence-corrected chi connectivity index (χ3v) is 3.89. The molecule has 0 spiro atoms.